The quantitative estimate of drug-likeness (QED) is 0.539. The molecule has 0 spiro atoms. The van der Waals surface area contributed by atoms with Gasteiger partial charge in [0.25, 0.3) is 5.91 Å². The lowest BCUT2D eigenvalue weighted by atomic mass is 10.1. The number of halogens is 1. The summed E-state index contributed by atoms with van der Waals surface area (Å²) in [5, 5.41) is 3.49. The van der Waals surface area contributed by atoms with Crippen LogP contribution in [0, 0.1) is 0 Å². The second-order valence-electron chi connectivity index (χ2n) is 7.23. The van der Waals surface area contributed by atoms with Gasteiger partial charge < -0.3 is 15.0 Å². The number of carbonyl (C=O) groups is 1. The third kappa shape index (κ3) is 4.46. The number of hydrogen-bond acceptors (Lipinski definition) is 3. The molecule has 148 valence electrons. The van der Waals surface area contributed by atoms with Crippen molar-refractivity contribution in [1.29, 1.82) is 0 Å². The molecule has 1 atom stereocenters. The molecule has 0 saturated heterocycles. The highest BCUT2D eigenvalue weighted by atomic mass is 79.9. The average Bonchev–Trinajstić information content (AvgIpc) is 2.91. The molecule has 4 nitrogen and oxygen atoms in total. The number of hydrogen-bond donors (Lipinski definition) is 1. The Morgan fingerprint density at radius 1 is 1.10 bits per heavy atom. The van der Waals surface area contributed by atoms with E-state index in [1.54, 1.807) is 0 Å². The zero-order chi connectivity index (χ0) is 20.2. The zero-order valence-electron chi connectivity index (χ0n) is 16.3. The van der Waals surface area contributed by atoms with Crippen LogP contribution in [0.3, 0.4) is 0 Å². The van der Waals surface area contributed by atoms with Crippen molar-refractivity contribution in [3.8, 4) is 5.75 Å². The molecule has 0 radical (unpaired) electrons. The van der Waals surface area contributed by atoms with Crippen molar-refractivity contribution in [2.45, 2.75) is 26.0 Å². The summed E-state index contributed by atoms with van der Waals surface area (Å²) in [4.78, 5) is 15.2. The van der Waals surface area contributed by atoms with Gasteiger partial charge in [-0.25, -0.2) is 0 Å². The van der Waals surface area contributed by atoms with Crippen LogP contribution in [0.25, 0.3) is 0 Å². The highest BCUT2D eigenvalue weighted by Crippen LogP contribution is 2.33. The van der Waals surface area contributed by atoms with Crippen molar-refractivity contribution >= 4 is 33.2 Å². The van der Waals surface area contributed by atoms with Crippen LogP contribution in [0.1, 0.15) is 29.3 Å². The van der Waals surface area contributed by atoms with E-state index in [2.05, 4.69) is 28.2 Å². The third-order valence-electron chi connectivity index (χ3n) is 5.04. The fraction of sp³-hybridized carbons (Fsp3) is 0.208. The van der Waals surface area contributed by atoms with Gasteiger partial charge in [0.2, 0.25) is 0 Å². The Bertz CT molecular complexity index is 1010. The average molecular weight is 451 g/mol. The predicted octanol–water partition coefficient (Wildman–Crippen LogP) is 5.88. The Hall–Kier alpha value is -2.79. The number of ether oxygens (including phenoxy) is 1. The van der Waals surface area contributed by atoms with E-state index in [9.17, 15) is 4.79 Å². The summed E-state index contributed by atoms with van der Waals surface area (Å²) >= 11 is 3.54. The lowest BCUT2D eigenvalue weighted by Crippen LogP contribution is -2.32. The second kappa shape index (κ2) is 8.70. The number of benzene rings is 3. The molecule has 1 N–H and O–H groups in total. The molecule has 1 heterocycles. The van der Waals surface area contributed by atoms with Gasteiger partial charge in [-0.3, -0.25) is 4.79 Å². The second-order valence-corrected chi connectivity index (χ2v) is 8.08. The predicted molar refractivity (Wildman–Crippen MR) is 121 cm³/mol. The molecule has 4 rings (SSSR count). The van der Waals surface area contributed by atoms with Crippen molar-refractivity contribution in [2.24, 2.45) is 0 Å². The Labute approximate surface area is 179 Å². The van der Waals surface area contributed by atoms with Crippen molar-refractivity contribution in [1.82, 2.24) is 0 Å². The van der Waals surface area contributed by atoms with Crippen LogP contribution in [0.5, 0.6) is 5.75 Å². The van der Waals surface area contributed by atoms with E-state index in [0.29, 0.717) is 30.5 Å². The van der Waals surface area contributed by atoms with Crippen molar-refractivity contribution in [3.05, 3.63) is 88.4 Å². The third-order valence-corrected chi connectivity index (χ3v) is 5.70. The van der Waals surface area contributed by atoms with Crippen LogP contribution in [-0.2, 0) is 6.61 Å². The van der Waals surface area contributed by atoms with Crippen molar-refractivity contribution in [3.63, 3.8) is 0 Å². The normalized spacial score (nSPS) is 15.8. The molecule has 1 aliphatic rings. The number of anilines is 2. The standard InChI is InChI=1S/C24H23BrN2O2/c1-17-13-14-27(22-10-6-5-9-21(22)26-17)24(28)19-11-12-20(25)23(15-19)29-16-18-7-3-2-4-8-18/h2-12,15,17,26H,13-14,16H2,1H3. The van der Waals surface area contributed by atoms with E-state index in [1.165, 1.54) is 0 Å². The van der Waals surface area contributed by atoms with E-state index in [4.69, 9.17) is 4.74 Å². The summed E-state index contributed by atoms with van der Waals surface area (Å²) < 4.78 is 6.81. The number of nitrogens with zero attached hydrogens (tertiary/aromatic N) is 1. The molecule has 3 aromatic carbocycles. The van der Waals surface area contributed by atoms with Crippen LogP contribution in [0.15, 0.2) is 77.3 Å². The Morgan fingerprint density at radius 2 is 1.86 bits per heavy atom. The summed E-state index contributed by atoms with van der Waals surface area (Å²) in [6, 6.07) is 23.8. The van der Waals surface area contributed by atoms with Crippen LogP contribution >= 0.6 is 15.9 Å². The first-order valence-electron chi connectivity index (χ1n) is 9.75. The molecule has 0 aliphatic carbocycles. The highest BCUT2D eigenvalue weighted by Gasteiger charge is 2.24. The van der Waals surface area contributed by atoms with Crippen molar-refractivity contribution in [2.75, 3.05) is 16.8 Å². The SMILES string of the molecule is CC1CCN(C(=O)c2ccc(Br)c(OCc3ccccc3)c2)c2ccccc2N1. The molecule has 0 aromatic heterocycles. The minimum absolute atomic E-state index is 0.0228. The van der Waals surface area contributed by atoms with Crippen LogP contribution in [-0.4, -0.2) is 18.5 Å². The monoisotopic (exact) mass is 450 g/mol. The molecule has 0 saturated carbocycles. The van der Waals surface area contributed by atoms with Crippen LogP contribution < -0.4 is 15.0 Å². The number of para-hydroxylation sites is 2. The molecule has 29 heavy (non-hydrogen) atoms. The molecule has 1 aliphatic heterocycles. The molecule has 1 amide bonds. The smallest absolute Gasteiger partial charge is 0.258 e. The van der Waals surface area contributed by atoms with Gasteiger partial charge in [-0.15, -0.1) is 0 Å². The first kappa shape index (κ1) is 19.5. The van der Waals surface area contributed by atoms with Gasteiger partial charge in [-0.05, 0) is 65.2 Å². The summed E-state index contributed by atoms with van der Waals surface area (Å²) in [6.45, 7) is 3.26. The summed E-state index contributed by atoms with van der Waals surface area (Å²) in [6.07, 6.45) is 0.883. The van der Waals surface area contributed by atoms with E-state index in [0.717, 1.165) is 27.8 Å². The Morgan fingerprint density at radius 3 is 2.69 bits per heavy atom. The first-order chi connectivity index (χ1) is 14.1. The minimum Gasteiger partial charge on any atom is -0.488 e. The lowest BCUT2D eigenvalue weighted by Gasteiger charge is -2.23. The first-order valence-corrected chi connectivity index (χ1v) is 10.5. The Kier molecular flexibility index (Phi) is 5.86. The maximum absolute atomic E-state index is 13.4. The van der Waals surface area contributed by atoms with Crippen LogP contribution in [0.2, 0.25) is 0 Å². The van der Waals surface area contributed by atoms with Gasteiger partial charge in [0, 0.05) is 18.2 Å². The molecular weight excluding hydrogens is 428 g/mol. The number of nitrogens with one attached hydrogen (secondary N) is 1. The summed E-state index contributed by atoms with van der Waals surface area (Å²) in [5.41, 5.74) is 3.60. The van der Waals surface area contributed by atoms with E-state index >= 15 is 0 Å². The fourth-order valence-corrected chi connectivity index (χ4v) is 3.82. The number of amides is 1. The van der Waals surface area contributed by atoms with Gasteiger partial charge in [0.1, 0.15) is 12.4 Å². The lowest BCUT2D eigenvalue weighted by molar-refractivity contribution is 0.0986. The largest absolute Gasteiger partial charge is 0.488 e. The number of fused-ring (bicyclic) bond motifs is 1. The fourth-order valence-electron chi connectivity index (χ4n) is 3.46. The highest BCUT2D eigenvalue weighted by molar-refractivity contribution is 9.10. The van der Waals surface area contributed by atoms with Gasteiger partial charge in [-0.1, -0.05) is 42.5 Å². The van der Waals surface area contributed by atoms with Gasteiger partial charge in [0.15, 0.2) is 0 Å². The van der Waals surface area contributed by atoms with E-state index < -0.39 is 0 Å². The molecule has 0 bridgehead atoms. The number of rotatable bonds is 4. The maximum atomic E-state index is 13.4. The van der Waals surface area contributed by atoms with Gasteiger partial charge >= 0.3 is 0 Å². The topological polar surface area (TPSA) is 41.6 Å². The van der Waals surface area contributed by atoms with Crippen LogP contribution in [0.4, 0.5) is 11.4 Å². The van der Waals surface area contributed by atoms with Crippen molar-refractivity contribution < 1.29 is 9.53 Å². The zero-order valence-corrected chi connectivity index (χ0v) is 17.9. The molecular formula is C24H23BrN2O2. The maximum Gasteiger partial charge on any atom is 0.258 e. The summed E-state index contributed by atoms with van der Waals surface area (Å²) in [5.74, 6) is 0.639. The van der Waals surface area contributed by atoms with E-state index in [1.807, 2.05) is 77.7 Å². The molecule has 3 aromatic rings. The van der Waals surface area contributed by atoms with Gasteiger partial charge in [-0.2, -0.15) is 0 Å². The Balaban J connectivity index is 1.59. The molecule has 5 heteroatoms. The minimum atomic E-state index is -0.0228. The van der Waals surface area contributed by atoms with E-state index in [-0.39, 0.29) is 5.91 Å². The molecule has 0 fully saturated rings. The van der Waals surface area contributed by atoms with Gasteiger partial charge in [0.05, 0.1) is 15.8 Å². The molecule has 1 unspecified atom stereocenters. The summed E-state index contributed by atoms with van der Waals surface area (Å²) in [7, 11) is 0. The number of carbonyl (C=O) groups excluding carboxylic acids is 1.